The van der Waals surface area contributed by atoms with Gasteiger partial charge in [-0.15, -0.1) is 0 Å². The second-order valence-corrected chi connectivity index (χ2v) is 7.58. The molecule has 4 aromatic rings. The molecule has 4 heteroatoms. The van der Waals surface area contributed by atoms with E-state index in [-0.39, 0.29) is 16.0 Å². The van der Waals surface area contributed by atoms with Crippen molar-refractivity contribution in [3.8, 4) is 22.4 Å². The summed E-state index contributed by atoms with van der Waals surface area (Å²) < 4.78 is 0. The Morgan fingerprint density at radius 3 is 2.41 bits per heavy atom. The van der Waals surface area contributed by atoms with Crippen molar-refractivity contribution >= 4 is 16.6 Å². The van der Waals surface area contributed by atoms with Gasteiger partial charge in [0.2, 0.25) is 0 Å². The number of benzene rings is 3. The summed E-state index contributed by atoms with van der Waals surface area (Å²) in [5.74, 6) is 0. The molecule has 1 heterocycles. The summed E-state index contributed by atoms with van der Waals surface area (Å²) in [7, 11) is 0. The van der Waals surface area contributed by atoms with Crippen LogP contribution in [0.2, 0.25) is 0 Å². The number of rotatable bonds is 2. The molecule has 0 unspecified atom stereocenters. The zero-order chi connectivity index (χ0) is 18.8. The van der Waals surface area contributed by atoms with E-state index in [1.807, 2.05) is 18.2 Å². The lowest BCUT2D eigenvalue weighted by Crippen LogP contribution is -2.14. The van der Waals surface area contributed by atoms with Crippen LogP contribution in [0.4, 0.5) is 5.69 Å². The Morgan fingerprint density at radius 2 is 1.63 bits per heavy atom. The fourth-order valence-electron chi connectivity index (χ4n) is 4.47. The van der Waals surface area contributed by atoms with Crippen LogP contribution < -0.4 is 0 Å². The highest BCUT2D eigenvalue weighted by atomic mass is 16.6. The highest BCUT2D eigenvalue weighted by Crippen LogP contribution is 2.51. The largest absolute Gasteiger partial charge is 0.354 e. The summed E-state index contributed by atoms with van der Waals surface area (Å²) >= 11 is 0. The molecule has 3 aromatic carbocycles. The number of nitro benzene ring substituents is 1. The normalized spacial score (nSPS) is 14.1. The minimum absolute atomic E-state index is 0.0789. The van der Waals surface area contributed by atoms with Gasteiger partial charge in [0.1, 0.15) is 0 Å². The molecule has 0 aliphatic heterocycles. The maximum Gasteiger partial charge on any atom is 0.277 e. The number of fused-ring (bicyclic) bond motifs is 5. The fraction of sp³-hybridized carbons (Fsp3) is 0.130. The van der Waals surface area contributed by atoms with Crippen molar-refractivity contribution in [1.82, 2.24) is 4.98 Å². The highest BCUT2D eigenvalue weighted by molar-refractivity contribution is 5.98. The SMILES string of the molecule is CC1(C)c2ccccc2-c2[nH]c3cc(-c4ccccc4[N+](=O)[O-])ccc3c21. The molecule has 0 bridgehead atoms. The second kappa shape index (κ2) is 5.30. The van der Waals surface area contributed by atoms with Gasteiger partial charge in [0.15, 0.2) is 0 Å². The molecule has 0 saturated carbocycles. The van der Waals surface area contributed by atoms with Crippen molar-refractivity contribution in [3.05, 3.63) is 88.0 Å². The van der Waals surface area contributed by atoms with Gasteiger partial charge in [0.25, 0.3) is 5.69 Å². The average Bonchev–Trinajstić information content (AvgIpc) is 3.16. The third kappa shape index (κ3) is 2.10. The van der Waals surface area contributed by atoms with E-state index in [2.05, 4.69) is 49.2 Å². The lowest BCUT2D eigenvalue weighted by Gasteiger charge is -2.21. The molecule has 0 atom stereocenters. The van der Waals surface area contributed by atoms with Crippen LogP contribution in [0.5, 0.6) is 0 Å². The topological polar surface area (TPSA) is 58.9 Å². The quantitative estimate of drug-likeness (QED) is 0.352. The van der Waals surface area contributed by atoms with Gasteiger partial charge < -0.3 is 4.98 Å². The highest BCUT2D eigenvalue weighted by Gasteiger charge is 2.38. The minimum Gasteiger partial charge on any atom is -0.354 e. The summed E-state index contributed by atoms with van der Waals surface area (Å²) in [6.45, 7) is 4.50. The Morgan fingerprint density at radius 1 is 0.926 bits per heavy atom. The molecule has 1 aliphatic rings. The van der Waals surface area contributed by atoms with E-state index in [0.29, 0.717) is 5.56 Å². The van der Waals surface area contributed by atoms with Crippen LogP contribution in [0.25, 0.3) is 33.3 Å². The summed E-state index contributed by atoms with van der Waals surface area (Å²) in [6.07, 6.45) is 0. The van der Waals surface area contributed by atoms with E-state index in [0.717, 1.165) is 16.8 Å². The third-order valence-corrected chi connectivity index (χ3v) is 5.71. The van der Waals surface area contributed by atoms with E-state index in [9.17, 15) is 10.1 Å². The fourth-order valence-corrected chi connectivity index (χ4v) is 4.47. The molecule has 0 amide bonds. The number of nitrogens with one attached hydrogen (secondary N) is 1. The van der Waals surface area contributed by atoms with Crippen LogP contribution in [0.1, 0.15) is 25.0 Å². The minimum atomic E-state index is -0.326. The van der Waals surface area contributed by atoms with E-state index in [1.54, 1.807) is 18.2 Å². The van der Waals surface area contributed by atoms with Gasteiger partial charge in [-0.1, -0.05) is 62.4 Å². The summed E-state index contributed by atoms with van der Waals surface area (Å²) in [6, 6.07) is 21.5. The van der Waals surface area contributed by atoms with Crippen molar-refractivity contribution in [2.75, 3.05) is 0 Å². The standard InChI is InChI=1S/C23H18N2O2/c1-23(2)18-9-5-3-8-16(18)22-21(23)17-12-11-14(13-19(17)24-22)15-7-4-6-10-20(15)25(26)27/h3-13,24H,1-2H3. The molecule has 1 aromatic heterocycles. The van der Waals surface area contributed by atoms with Crippen molar-refractivity contribution < 1.29 is 4.92 Å². The molecule has 132 valence electrons. The zero-order valence-electron chi connectivity index (χ0n) is 15.1. The first-order valence-electron chi connectivity index (χ1n) is 8.98. The second-order valence-electron chi connectivity index (χ2n) is 7.58. The van der Waals surface area contributed by atoms with Gasteiger partial charge in [-0.2, -0.15) is 0 Å². The zero-order valence-corrected chi connectivity index (χ0v) is 15.1. The van der Waals surface area contributed by atoms with E-state index in [1.165, 1.54) is 22.1 Å². The molecule has 1 N–H and O–H groups in total. The summed E-state index contributed by atoms with van der Waals surface area (Å²) in [5.41, 5.74) is 7.57. The molecule has 0 fully saturated rings. The van der Waals surface area contributed by atoms with Crippen LogP contribution in [-0.4, -0.2) is 9.91 Å². The lowest BCUT2D eigenvalue weighted by molar-refractivity contribution is -0.384. The number of H-pyrrole nitrogens is 1. The summed E-state index contributed by atoms with van der Waals surface area (Å²) in [4.78, 5) is 14.6. The van der Waals surface area contributed by atoms with Gasteiger partial charge >= 0.3 is 0 Å². The van der Waals surface area contributed by atoms with Crippen molar-refractivity contribution in [3.63, 3.8) is 0 Å². The monoisotopic (exact) mass is 354 g/mol. The van der Waals surface area contributed by atoms with Gasteiger partial charge in [0, 0.05) is 27.9 Å². The predicted molar refractivity (Wildman–Crippen MR) is 108 cm³/mol. The van der Waals surface area contributed by atoms with Crippen molar-refractivity contribution in [2.24, 2.45) is 0 Å². The van der Waals surface area contributed by atoms with E-state index >= 15 is 0 Å². The number of para-hydroxylation sites is 1. The maximum absolute atomic E-state index is 11.4. The van der Waals surface area contributed by atoms with Crippen molar-refractivity contribution in [2.45, 2.75) is 19.3 Å². The van der Waals surface area contributed by atoms with Gasteiger partial charge in [-0.3, -0.25) is 10.1 Å². The summed E-state index contributed by atoms with van der Waals surface area (Å²) in [5, 5.41) is 12.6. The van der Waals surface area contributed by atoms with Crippen LogP contribution >= 0.6 is 0 Å². The number of aromatic nitrogens is 1. The molecule has 0 spiro atoms. The molecule has 5 rings (SSSR count). The van der Waals surface area contributed by atoms with E-state index < -0.39 is 0 Å². The molecule has 0 saturated heterocycles. The first-order valence-corrected chi connectivity index (χ1v) is 8.98. The van der Waals surface area contributed by atoms with Crippen LogP contribution in [0, 0.1) is 10.1 Å². The Kier molecular flexibility index (Phi) is 3.11. The number of hydrogen-bond donors (Lipinski definition) is 1. The van der Waals surface area contributed by atoms with Crippen LogP contribution in [-0.2, 0) is 5.41 Å². The van der Waals surface area contributed by atoms with Gasteiger partial charge in [0.05, 0.1) is 16.2 Å². The number of hydrogen-bond acceptors (Lipinski definition) is 2. The Labute approximate surface area is 156 Å². The first-order chi connectivity index (χ1) is 13.0. The number of nitrogens with zero attached hydrogens (tertiary/aromatic N) is 1. The number of nitro groups is 1. The predicted octanol–water partition coefficient (Wildman–Crippen LogP) is 6.05. The smallest absolute Gasteiger partial charge is 0.277 e. The molecular formula is C23H18N2O2. The van der Waals surface area contributed by atoms with Crippen LogP contribution in [0.3, 0.4) is 0 Å². The van der Waals surface area contributed by atoms with Gasteiger partial charge in [-0.25, -0.2) is 0 Å². The van der Waals surface area contributed by atoms with Gasteiger partial charge in [-0.05, 0) is 28.8 Å². The van der Waals surface area contributed by atoms with E-state index in [4.69, 9.17) is 0 Å². The Balaban J connectivity index is 1.75. The molecule has 1 aliphatic carbocycles. The van der Waals surface area contributed by atoms with Crippen molar-refractivity contribution in [1.29, 1.82) is 0 Å². The molecule has 4 nitrogen and oxygen atoms in total. The lowest BCUT2D eigenvalue weighted by atomic mass is 9.81. The maximum atomic E-state index is 11.4. The Bertz CT molecular complexity index is 1230. The number of aromatic amines is 1. The molecule has 27 heavy (non-hydrogen) atoms. The average molecular weight is 354 g/mol. The third-order valence-electron chi connectivity index (χ3n) is 5.71. The van der Waals surface area contributed by atoms with Crippen LogP contribution in [0.15, 0.2) is 66.7 Å². The first kappa shape index (κ1) is 15.8. The molecule has 0 radical (unpaired) electrons. The molecular weight excluding hydrogens is 336 g/mol. The Hall–Kier alpha value is -3.40.